The highest BCUT2D eigenvalue weighted by atomic mass is 16.5. The van der Waals surface area contributed by atoms with Crippen LogP contribution >= 0.6 is 0 Å². The Morgan fingerprint density at radius 3 is 2.72 bits per heavy atom. The fraction of sp³-hybridized carbons (Fsp3) is 0.486. The lowest BCUT2D eigenvalue weighted by Gasteiger charge is -2.43. The van der Waals surface area contributed by atoms with E-state index in [0.29, 0.717) is 49.5 Å². The van der Waals surface area contributed by atoms with Crippen LogP contribution in [0.15, 0.2) is 48.7 Å². The van der Waals surface area contributed by atoms with Crippen molar-refractivity contribution in [2.24, 2.45) is 0 Å². The van der Waals surface area contributed by atoms with Crippen LogP contribution in [-0.2, 0) is 22.5 Å². The van der Waals surface area contributed by atoms with Crippen molar-refractivity contribution in [3.05, 3.63) is 65.4 Å². The van der Waals surface area contributed by atoms with Crippen LogP contribution in [0.3, 0.4) is 0 Å². The molecule has 1 aliphatic carbocycles. The first kappa shape index (κ1) is 30.4. The molecule has 4 heterocycles. The maximum atomic E-state index is 13.4. The van der Waals surface area contributed by atoms with E-state index in [2.05, 4.69) is 56.6 Å². The molecule has 2 N–H and O–H groups in total. The average Bonchev–Trinajstić information content (AvgIpc) is 3.80. The topological polar surface area (TPSA) is 112 Å². The fourth-order valence-electron chi connectivity index (χ4n) is 7.36. The first-order chi connectivity index (χ1) is 22.5. The van der Waals surface area contributed by atoms with Crippen molar-refractivity contribution in [1.29, 1.82) is 0 Å². The van der Waals surface area contributed by atoms with Gasteiger partial charge in [0.05, 0.1) is 31.2 Å². The van der Waals surface area contributed by atoms with Gasteiger partial charge in [-0.1, -0.05) is 50.1 Å². The van der Waals surface area contributed by atoms with E-state index in [1.807, 2.05) is 18.2 Å². The molecule has 1 saturated carbocycles. The third-order valence-electron chi connectivity index (χ3n) is 9.72. The number of nitrogens with one attached hydrogen (secondary N) is 2. The zero-order valence-electron chi connectivity index (χ0n) is 26.7. The van der Waals surface area contributed by atoms with Gasteiger partial charge in [-0.3, -0.25) is 14.5 Å². The van der Waals surface area contributed by atoms with Gasteiger partial charge in [-0.2, -0.15) is 4.98 Å². The summed E-state index contributed by atoms with van der Waals surface area (Å²) in [5.41, 5.74) is 4.21. The summed E-state index contributed by atoms with van der Waals surface area (Å²) >= 11 is 0. The van der Waals surface area contributed by atoms with E-state index in [-0.39, 0.29) is 24.0 Å². The molecule has 3 aliphatic heterocycles. The summed E-state index contributed by atoms with van der Waals surface area (Å²) in [5.74, 6) is 1.84. The normalized spacial score (nSPS) is 21.6. The van der Waals surface area contributed by atoms with E-state index in [1.165, 1.54) is 5.56 Å². The largest absolute Gasteiger partial charge is 0.491 e. The molecule has 2 amide bonds. The average molecular weight is 626 g/mol. The zero-order valence-corrected chi connectivity index (χ0v) is 26.7. The number of rotatable bonds is 9. The van der Waals surface area contributed by atoms with E-state index >= 15 is 0 Å². The molecule has 3 aromatic rings. The Hall–Kier alpha value is -4.22. The molecule has 11 nitrogen and oxygen atoms in total. The van der Waals surface area contributed by atoms with Gasteiger partial charge in [0.1, 0.15) is 17.5 Å². The summed E-state index contributed by atoms with van der Waals surface area (Å²) in [5, 5.41) is 6.47. The maximum absolute atomic E-state index is 13.4. The molecule has 1 saturated heterocycles. The number of nitrogens with zero attached hydrogens (tertiary/aromatic N) is 5. The molecule has 0 bridgehead atoms. The molecule has 4 aliphatic rings. The van der Waals surface area contributed by atoms with Crippen molar-refractivity contribution >= 4 is 35.0 Å². The molecule has 46 heavy (non-hydrogen) atoms. The molecule has 2 fully saturated rings. The van der Waals surface area contributed by atoms with Crippen LogP contribution in [0.5, 0.6) is 5.75 Å². The number of aromatic nitrogens is 2. The lowest BCUT2D eigenvalue weighted by molar-refractivity contribution is -0.120. The number of morpholine rings is 1. The van der Waals surface area contributed by atoms with Gasteiger partial charge in [0.2, 0.25) is 11.9 Å². The first-order valence-corrected chi connectivity index (χ1v) is 16.6. The molecular formula is C35H43N7O4. The highest BCUT2D eigenvalue weighted by molar-refractivity contribution is 6.04. The van der Waals surface area contributed by atoms with Gasteiger partial charge in [0, 0.05) is 56.8 Å². The first-order valence-electron chi connectivity index (χ1n) is 16.6. The monoisotopic (exact) mass is 625 g/mol. The second-order valence-corrected chi connectivity index (χ2v) is 12.7. The predicted octanol–water partition coefficient (Wildman–Crippen LogP) is 4.29. The number of ether oxygens (including phenoxy) is 2. The Bertz CT molecular complexity index is 1580. The van der Waals surface area contributed by atoms with Gasteiger partial charge in [-0.25, -0.2) is 4.98 Å². The van der Waals surface area contributed by atoms with Gasteiger partial charge in [0.15, 0.2) is 5.82 Å². The molecule has 7 rings (SSSR count). The molecule has 0 radical (unpaired) electrons. The number of anilines is 4. The minimum Gasteiger partial charge on any atom is -0.491 e. The summed E-state index contributed by atoms with van der Waals surface area (Å²) < 4.78 is 12.0. The second kappa shape index (κ2) is 13.3. The van der Waals surface area contributed by atoms with Crippen LogP contribution in [0, 0.1) is 0 Å². The Morgan fingerprint density at radius 1 is 1.09 bits per heavy atom. The van der Waals surface area contributed by atoms with Crippen LogP contribution in [0.25, 0.3) is 0 Å². The summed E-state index contributed by atoms with van der Waals surface area (Å²) in [6.45, 7) is 6.15. The lowest BCUT2D eigenvalue weighted by Crippen LogP contribution is -2.55. The fourth-order valence-corrected chi connectivity index (χ4v) is 7.36. The Morgan fingerprint density at radius 2 is 1.91 bits per heavy atom. The predicted molar refractivity (Wildman–Crippen MR) is 177 cm³/mol. The van der Waals surface area contributed by atoms with Crippen LogP contribution in [0.4, 0.5) is 23.1 Å². The van der Waals surface area contributed by atoms with Crippen molar-refractivity contribution in [2.45, 2.75) is 70.2 Å². The van der Waals surface area contributed by atoms with Gasteiger partial charge in [-0.15, -0.1) is 0 Å². The van der Waals surface area contributed by atoms with E-state index in [9.17, 15) is 9.59 Å². The Balaban J connectivity index is 1.05. The van der Waals surface area contributed by atoms with Crippen molar-refractivity contribution in [2.75, 3.05) is 55.0 Å². The standard InChI is InChI=1S/C35H43N7O4/c1-3-29-34(44)40(2)30-20-37-35(39-32(30)42(29)24-11-7-8-12-24)38-28-14-13-27(26-15-17-46-31(26)28)33(43)36-19-25-22-41(16-18-45-25)21-23-9-5-4-6-10-23/h4-6,9-10,13-14,20,24-25,29H,3,7-8,11-12,15-19,21-22H2,1-2H3,(H,36,43)(H,37,38,39)/t25-,29-/m1/s1. The van der Waals surface area contributed by atoms with Gasteiger partial charge in [-0.05, 0) is 37.0 Å². The van der Waals surface area contributed by atoms with Crippen LogP contribution in [-0.4, -0.2) is 84.8 Å². The smallest absolute Gasteiger partial charge is 0.251 e. The number of fused-ring (bicyclic) bond motifs is 2. The minimum absolute atomic E-state index is 0.0711. The molecule has 11 heteroatoms. The maximum Gasteiger partial charge on any atom is 0.251 e. The molecule has 0 unspecified atom stereocenters. The number of hydrogen-bond acceptors (Lipinski definition) is 9. The van der Waals surface area contributed by atoms with E-state index in [4.69, 9.17) is 14.5 Å². The number of carbonyl (C=O) groups excluding carboxylic acids is 2. The Kier molecular flexibility index (Phi) is 8.77. The number of carbonyl (C=O) groups is 2. The molecule has 0 spiro atoms. The van der Waals surface area contributed by atoms with Crippen LogP contribution < -0.4 is 25.2 Å². The number of benzene rings is 2. The van der Waals surface area contributed by atoms with E-state index < -0.39 is 0 Å². The number of amides is 2. The summed E-state index contributed by atoms with van der Waals surface area (Å²) in [4.78, 5) is 42.5. The van der Waals surface area contributed by atoms with Gasteiger partial charge < -0.3 is 29.9 Å². The van der Waals surface area contributed by atoms with Crippen molar-refractivity contribution in [3.8, 4) is 5.75 Å². The molecule has 2 atom stereocenters. The second-order valence-electron chi connectivity index (χ2n) is 12.7. The van der Waals surface area contributed by atoms with Crippen molar-refractivity contribution in [1.82, 2.24) is 20.2 Å². The number of likely N-dealkylation sites (N-methyl/N-ethyl adjacent to an activating group) is 1. The summed E-state index contributed by atoms with van der Waals surface area (Å²) in [6, 6.07) is 14.2. The number of hydrogen-bond donors (Lipinski definition) is 2. The van der Waals surface area contributed by atoms with Crippen LogP contribution in [0.2, 0.25) is 0 Å². The Labute approximate surface area is 270 Å². The third-order valence-corrected chi connectivity index (χ3v) is 9.72. The molecule has 2 aromatic carbocycles. The molecule has 1 aromatic heterocycles. The summed E-state index contributed by atoms with van der Waals surface area (Å²) in [7, 11) is 1.80. The highest BCUT2D eigenvalue weighted by Crippen LogP contribution is 2.41. The summed E-state index contributed by atoms with van der Waals surface area (Å²) in [6.07, 6.45) is 7.46. The van der Waals surface area contributed by atoms with E-state index in [0.717, 1.165) is 74.5 Å². The van der Waals surface area contributed by atoms with Crippen molar-refractivity contribution in [3.63, 3.8) is 0 Å². The lowest BCUT2D eigenvalue weighted by atomic mass is 10.0. The highest BCUT2D eigenvalue weighted by Gasteiger charge is 2.41. The van der Waals surface area contributed by atoms with Crippen molar-refractivity contribution < 1.29 is 19.1 Å². The minimum atomic E-state index is -0.236. The van der Waals surface area contributed by atoms with Gasteiger partial charge in [0.25, 0.3) is 5.91 Å². The van der Waals surface area contributed by atoms with Gasteiger partial charge >= 0.3 is 0 Å². The molecule has 242 valence electrons. The molecular weight excluding hydrogens is 582 g/mol. The SMILES string of the molecule is CC[C@@H]1C(=O)N(C)c2cnc(Nc3ccc(C(=O)NC[C@@H]4CN(Cc5ccccc5)CCO4)c4c3OCC4)nc2N1C1CCCC1. The zero-order chi connectivity index (χ0) is 31.6. The van der Waals surface area contributed by atoms with Crippen LogP contribution in [0.1, 0.15) is 60.5 Å². The third kappa shape index (κ3) is 6.01. The van der Waals surface area contributed by atoms with E-state index in [1.54, 1.807) is 18.1 Å². The quantitative estimate of drug-likeness (QED) is 0.360.